The number of carbonyl (C=O) groups is 2. The molecule has 0 saturated heterocycles. The number of pyridine rings is 1. The smallest absolute Gasteiger partial charge is 0.254 e. The molecule has 1 heterocycles. The van der Waals surface area contributed by atoms with Crippen molar-refractivity contribution >= 4 is 28.4 Å². The third kappa shape index (κ3) is 3.97. The van der Waals surface area contributed by atoms with Gasteiger partial charge in [0.2, 0.25) is 5.91 Å². The van der Waals surface area contributed by atoms with Crippen LogP contribution in [-0.4, -0.2) is 35.3 Å². The van der Waals surface area contributed by atoms with Gasteiger partial charge in [-0.25, -0.2) is 0 Å². The number of hydrogen-bond donors (Lipinski definition) is 1. The number of para-hydroxylation sites is 1. The van der Waals surface area contributed by atoms with Crippen LogP contribution in [0.15, 0.2) is 48.5 Å². The quantitative estimate of drug-likeness (QED) is 0.767. The maximum Gasteiger partial charge on any atom is 0.254 e. The number of rotatable bonds is 4. The van der Waals surface area contributed by atoms with E-state index in [1.807, 2.05) is 63.2 Å². The van der Waals surface area contributed by atoms with Crippen molar-refractivity contribution in [1.29, 1.82) is 0 Å². The maximum absolute atomic E-state index is 12.9. The van der Waals surface area contributed by atoms with Crippen molar-refractivity contribution in [1.82, 2.24) is 9.88 Å². The third-order valence-electron chi connectivity index (χ3n) is 4.68. The fourth-order valence-corrected chi connectivity index (χ4v) is 3.05. The summed E-state index contributed by atoms with van der Waals surface area (Å²) in [6.07, 6.45) is 0. The number of aromatic nitrogens is 1. The molecule has 0 radical (unpaired) electrons. The number of amides is 2. The molecule has 0 fully saturated rings. The van der Waals surface area contributed by atoms with Gasteiger partial charge in [-0.1, -0.05) is 30.3 Å². The van der Waals surface area contributed by atoms with Crippen molar-refractivity contribution in [3.63, 3.8) is 0 Å². The van der Waals surface area contributed by atoms with E-state index in [9.17, 15) is 9.59 Å². The monoisotopic (exact) mass is 361 g/mol. The highest BCUT2D eigenvalue weighted by molar-refractivity contribution is 6.07. The van der Waals surface area contributed by atoms with Crippen molar-refractivity contribution in [3.8, 4) is 0 Å². The lowest BCUT2D eigenvalue weighted by atomic mass is 10.1. The van der Waals surface area contributed by atoms with E-state index in [4.69, 9.17) is 0 Å². The predicted octanol–water partition coefficient (Wildman–Crippen LogP) is 3.87. The summed E-state index contributed by atoms with van der Waals surface area (Å²) < 4.78 is 0. The normalized spacial score (nSPS) is 10.7. The van der Waals surface area contributed by atoms with E-state index in [2.05, 4.69) is 10.3 Å². The predicted molar refractivity (Wildman–Crippen MR) is 108 cm³/mol. The van der Waals surface area contributed by atoms with Crippen LogP contribution in [0.2, 0.25) is 0 Å². The van der Waals surface area contributed by atoms with Gasteiger partial charge in [-0.15, -0.1) is 0 Å². The largest absolute Gasteiger partial charge is 0.332 e. The molecule has 0 aliphatic carbocycles. The first-order valence-corrected chi connectivity index (χ1v) is 8.84. The highest BCUT2D eigenvalue weighted by Crippen LogP contribution is 2.20. The van der Waals surface area contributed by atoms with Gasteiger partial charge in [-0.2, -0.15) is 0 Å². The molecule has 0 spiro atoms. The lowest BCUT2D eigenvalue weighted by Gasteiger charge is -2.19. The number of carbonyl (C=O) groups excluding carboxylic acids is 2. The van der Waals surface area contributed by atoms with Crippen LogP contribution in [-0.2, 0) is 4.79 Å². The summed E-state index contributed by atoms with van der Waals surface area (Å²) in [5.74, 6) is -0.428. The standard InChI is InChI=1S/C22H23N3O2/c1-14-8-7-11-19(16(14)3)24-21(26)13-25(4)22(27)18-12-15(2)23-20-10-6-5-9-17(18)20/h5-12H,13H2,1-4H3,(H,24,26). The molecule has 0 aliphatic rings. The molecule has 0 bridgehead atoms. The van der Waals surface area contributed by atoms with Gasteiger partial charge >= 0.3 is 0 Å². The van der Waals surface area contributed by atoms with Crippen LogP contribution in [0.25, 0.3) is 10.9 Å². The fraction of sp³-hybridized carbons (Fsp3) is 0.227. The molecule has 0 aliphatic heterocycles. The number of nitrogens with one attached hydrogen (secondary N) is 1. The van der Waals surface area contributed by atoms with Crippen molar-refractivity contribution < 1.29 is 9.59 Å². The van der Waals surface area contributed by atoms with E-state index in [0.29, 0.717) is 5.56 Å². The molecule has 5 heteroatoms. The summed E-state index contributed by atoms with van der Waals surface area (Å²) in [7, 11) is 1.63. The van der Waals surface area contributed by atoms with Crippen LogP contribution < -0.4 is 5.32 Å². The van der Waals surface area contributed by atoms with Gasteiger partial charge in [-0.3, -0.25) is 14.6 Å². The molecule has 5 nitrogen and oxygen atoms in total. The van der Waals surface area contributed by atoms with Gasteiger partial charge < -0.3 is 10.2 Å². The first-order valence-electron chi connectivity index (χ1n) is 8.84. The van der Waals surface area contributed by atoms with Gasteiger partial charge in [0, 0.05) is 23.8 Å². The molecule has 27 heavy (non-hydrogen) atoms. The molecule has 1 aromatic heterocycles. The Morgan fingerprint density at radius 1 is 1.04 bits per heavy atom. The Kier molecular flexibility index (Phi) is 5.21. The van der Waals surface area contributed by atoms with Crippen LogP contribution >= 0.6 is 0 Å². The first-order chi connectivity index (χ1) is 12.9. The van der Waals surface area contributed by atoms with E-state index in [1.165, 1.54) is 4.90 Å². The lowest BCUT2D eigenvalue weighted by molar-refractivity contribution is -0.116. The number of fused-ring (bicyclic) bond motifs is 1. The van der Waals surface area contributed by atoms with E-state index < -0.39 is 0 Å². The Morgan fingerprint density at radius 2 is 1.78 bits per heavy atom. The van der Waals surface area contributed by atoms with Crippen molar-refractivity contribution in [3.05, 3.63) is 70.9 Å². The number of aryl methyl sites for hydroxylation is 2. The minimum absolute atomic E-state index is 0.0259. The Morgan fingerprint density at radius 3 is 2.56 bits per heavy atom. The molecule has 3 aromatic rings. The number of hydrogen-bond acceptors (Lipinski definition) is 3. The van der Waals surface area contributed by atoms with Gasteiger partial charge in [-0.05, 0) is 50.1 Å². The lowest BCUT2D eigenvalue weighted by Crippen LogP contribution is -2.35. The average Bonchev–Trinajstić information content (AvgIpc) is 2.64. The fourth-order valence-electron chi connectivity index (χ4n) is 3.05. The molecule has 2 amide bonds. The van der Waals surface area contributed by atoms with Gasteiger partial charge in [0.15, 0.2) is 0 Å². The Labute approximate surface area is 159 Å². The molecule has 1 N–H and O–H groups in total. The SMILES string of the molecule is Cc1cc(C(=O)N(C)CC(=O)Nc2cccc(C)c2C)c2ccccc2n1. The zero-order chi connectivity index (χ0) is 19.6. The first kappa shape index (κ1) is 18.6. The van der Waals surface area contributed by atoms with Crippen LogP contribution in [0.1, 0.15) is 27.2 Å². The minimum atomic E-state index is -0.227. The topological polar surface area (TPSA) is 62.3 Å². The number of anilines is 1. The molecular formula is C22H23N3O2. The molecule has 0 unspecified atom stereocenters. The summed E-state index contributed by atoms with van der Waals surface area (Å²) in [6.45, 7) is 5.79. The van der Waals surface area contributed by atoms with Gasteiger partial charge in [0.05, 0.1) is 17.6 Å². The van der Waals surface area contributed by atoms with E-state index in [-0.39, 0.29) is 18.4 Å². The third-order valence-corrected chi connectivity index (χ3v) is 4.68. The molecule has 3 rings (SSSR count). The Hall–Kier alpha value is -3.21. The molecular weight excluding hydrogens is 338 g/mol. The number of benzene rings is 2. The highest BCUT2D eigenvalue weighted by Gasteiger charge is 2.18. The maximum atomic E-state index is 12.9. The van der Waals surface area contributed by atoms with E-state index >= 15 is 0 Å². The Bertz CT molecular complexity index is 1030. The molecule has 2 aromatic carbocycles. The summed E-state index contributed by atoms with van der Waals surface area (Å²) >= 11 is 0. The summed E-state index contributed by atoms with van der Waals surface area (Å²) in [4.78, 5) is 31.3. The second kappa shape index (κ2) is 7.58. The molecule has 138 valence electrons. The summed E-state index contributed by atoms with van der Waals surface area (Å²) in [5.41, 5.74) is 5.00. The Balaban J connectivity index is 1.78. The molecule has 0 atom stereocenters. The zero-order valence-electron chi connectivity index (χ0n) is 16.0. The summed E-state index contributed by atoms with van der Waals surface area (Å²) in [5, 5.41) is 3.68. The van der Waals surface area contributed by atoms with Crippen LogP contribution in [0.3, 0.4) is 0 Å². The highest BCUT2D eigenvalue weighted by atomic mass is 16.2. The van der Waals surface area contributed by atoms with Crippen LogP contribution in [0.4, 0.5) is 5.69 Å². The van der Waals surface area contributed by atoms with E-state index in [0.717, 1.165) is 33.4 Å². The zero-order valence-corrected chi connectivity index (χ0v) is 16.0. The van der Waals surface area contributed by atoms with Gasteiger partial charge in [0.1, 0.15) is 0 Å². The second-order valence-corrected chi connectivity index (χ2v) is 6.79. The van der Waals surface area contributed by atoms with Crippen molar-refractivity contribution in [2.75, 3.05) is 18.9 Å². The number of likely N-dealkylation sites (N-methyl/N-ethyl adjacent to an activating group) is 1. The van der Waals surface area contributed by atoms with Crippen LogP contribution in [0.5, 0.6) is 0 Å². The van der Waals surface area contributed by atoms with Crippen molar-refractivity contribution in [2.24, 2.45) is 0 Å². The second-order valence-electron chi connectivity index (χ2n) is 6.79. The molecule has 0 saturated carbocycles. The van der Waals surface area contributed by atoms with Crippen molar-refractivity contribution in [2.45, 2.75) is 20.8 Å². The van der Waals surface area contributed by atoms with E-state index in [1.54, 1.807) is 13.1 Å². The summed E-state index contributed by atoms with van der Waals surface area (Å²) in [6, 6.07) is 15.1. The average molecular weight is 361 g/mol. The van der Waals surface area contributed by atoms with Crippen LogP contribution in [0, 0.1) is 20.8 Å². The minimum Gasteiger partial charge on any atom is -0.332 e. The van der Waals surface area contributed by atoms with Gasteiger partial charge in [0.25, 0.3) is 5.91 Å². The number of nitrogens with zero attached hydrogens (tertiary/aromatic N) is 2.